The van der Waals surface area contributed by atoms with Crippen molar-refractivity contribution in [2.24, 2.45) is 0 Å². The Morgan fingerprint density at radius 3 is 2.42 bits per heavy atom. The molecule has 0 saturated carbocycles. The molecule has 158 valence electrons. The summed E-state index contributed by atoms with van der Waals surface area (Å²) in [7, 11) is -2.32. The third kappa shape index (κ3) is 3.89. The molecule has 1 N–H and O–H groups in total. The summed E-state index contributed by atoms with van der Waals surface area (Å²) in [6.45, 7) is 1.77. The molecule has 0 spiro atoms. The van der Waals surface area contributed by atoms with Crippen LogP contribution in [0.4, 0.5) is 11.4 Å². The summed E-state index contributed by atoms with van der Waals surface area (Å²) in [5, 5.41) is 3.87. The third-order valence-electron chi connectivity index (χ3n) is 4.99. The van der Waals surface area contributed by atoms with Crippen LogP contribution in [0.1, 0.15) is 16.1 Å². The van der Waals surface area contributed by atoms with E-state index >= 15 is 0 Å². The topological polar surface area (TPSA) is 79.6 Å². The summed E-state index contributed by atoms with van der Waals surface area (Å²) in [5.41, 5.74) is 1.96. The average Bonchev–Trinajstić information content (AvgIpc) is 3.12. The zero-order chi connectivity index (χ0) is 22.2. The smallest absolute Gasteiger partial charge is 0.291 e. The van der Waals surface area contributed by atoms with E-state index in [4.69, 9.17) is 16.0 Å². The zero-order valence-corrected chi connectivity index (χ0v) is 18.4. The number of aryl methyl sites for hydroxylation is 1. The number of carbonyl (C=O) groups excluding carboxylic acids is 1. The monoisotopic (exact) mass is 454 g/mol. The largest absolute Gasteiger partial charge is 0.449 e. The summed E-state index contributed by atoms with van der Waals surface area (Å²) < 4.78 is 32.9. The Bertz CT molecular complexity index is 1380. The van der Waals surface area contributed by atoms with Crippen LogP contribution >= 0.6 is 11.6 Å². The van der Waals surface area contributed by atoms with Crippen LogP contribution in [0, 0.1) is 6.92 Å². The number of furan rings is 1. The molecule has 6 nitrogen and oxygen atoms in total. The molecule has 0 radical (unpaired) electrons. The van der Waals surface area contributed by atoms with E-state index in [9.17, 15) is 13.2 Å². The summed E-state index contributed by atoms with van der Waals surface area (Å²) in [4.78, 5) is 12.9. The Balaban J connectivity index is 1.63. The first kappa shape index (κ1) is 21.0. The maximum absolute atomic E-state index is 13.0. The van der Waals surface area contributed by atoms with Crippen molar-refractivity contribution in [3.8, 4) is 0 Å². The van der Waals surface area contributed by atoms with Gasteiger partial charge in [-0.1, -0.05) is 48.0 Å². The molecule has 1 amide bonds. The Labute approximate surface area is 185 Å². The van der Waals surface area contributed by atoms with Gasteiger partial charge in [0.15, 0.2) is 11.3 Å². The number of para-hydroxylation sites is 2. The Hall–Kier alpha value is -3.29. The highest BCUT2D eigenvalue weighted by molar-refractivity contribution is 7.92. The van der Waals surface area contributed by atoms with Crippen molar-refractivity contribution in [3.63, 3.8) is 0 Å². The number of hydrogen-bond acceptors (Lipinski definition) is 4. The summed E-state index contributed by atoms with van der Waals surface area (Å²) in [6, 6.07) is 20.1. The van der Waals surface area contributed by atoms with Crippen LogP contribution in [0.25, 0.3) is 11.0 Å². The Morgan fingerprint density at radius 2 is 1.71 bits per heavy atom. The first-order chi connectivity index (χ1) is 14.8. The number of amides is 1. The number of fused-ring (bicyclic) bond motifs is 1. The lowest BCUT2D eigenvalue weighted by atomic mass is 10.1. The van der Waals surface area contributed by atoms with Gasteiger partial charge >= 0.3 is 0 Å². The van der Waals surface area contributed by atoms with E-state index in [1.54, 1.807) is 55.5 Å². The SMILES string of the molecule is Cc1c(C(=O)Nc2cccc(S(=O)(=O)N(C)c3ccccc3)c2)oc2c(Cl)cccc12. The van der Waals surface area contributed by atoms with Gasteiger partial charge in [0.25, 0.3) is 15.9 Å². The maximum Gasteiger partial charge on any atom is 0.291 e. The van der Waals surface area contributed by atoms with Gasteiger partial charge in [0.05, 0.1) is 15.6 Å². The Morgan fingerprint density at radius 1 is 1.00 bits per heavy atom. The minimum atomic E-state index is -3.81. The quantitative estimate of drug-likeness (QED) is 0.433. The van der Waals surface area contributed by atoms with Gasteiger partial charge in [-0.05, 0) is 43.3 Å². The van der Waals surface area contributed by atoms with E-state index in [1.807, 2.05) is 12.1 Å². The van der Waals surface area contributed by atoms with E-state index in [0.717, 1.165) is 5.39 Å². The lowest BCUT2D eigenvalue weighted by Gasteiger charge is -2.19. The minimum absolute atomic E-state index is 0.0565. The zero-order valence-electron chi connectivity index (χ0n) is 16.8. The van der Waals surface area contributed by atoms with Crippen molar-refractivity contribution in [2.45, 2.75) is 11.8 Å². The molecule has 0 bridgehead atoms. The van der Waals surface area contributed by atoms with E-state index in [2.05, 4.69) is 5.32 Å². The number of anilines is 2. The van der Waals surface area contributed by atoms with Gasteiger partial charge in [0, 0.05) is 23.7 Å². The number of nitrogens with one attached hydrogen (secondary N) is 1. The van der Waals surface area contributed by atoms with Crippen molar-refractivity contribution < 1.29 is 17.6 Å². The highest BCUT2D eigenvalue weighted by Crippen LogP contribution is 2.31. The predicted octanol–water partition coefficient (Wildman–Crippen LogP) is 5.47. The van der Waals surface area contributed by atoms with Crippen molar-refractivity contribution in [2.75, 3.05) is 16.7 Å². The van der Waals surface area contributed by atoms with Crippen LogP contribution in [0.2, 0.25) is 5.02 Å². The highest BCUT2D eigenvalue weighted by Gasteiger charge is 2.23. The molecule has 1 heterocycles. The van der Waals surface area contributed by atoms with E-state index in [-0.39, 0.29) is 10.7 Å². The average molecular weight is 455 g/mol. The molecule has 4 rings (SSSR count). The molecular weight excluding hydrogens is 436 g/mol. The molecule has 0 aliphatic heterocycles. The summed E-state index contributed by atoms with van der Waals surface area (Å²) in [6.07, 6.45) is 0. The molecule has 0 atom stereocenters. The Kier molecular flexibility index (Phi) is 5.47. The summed E-state index contributed by atoms with van der Waals surface area (Å²) >= 11 is 6.16. The van der Waals surface area contributed by atoms with Gasteiger partial charge in [-0.25, -0.2) is 8.42 Å². The molecular formula is C23H19ClN2O4S. The molecule has 0 aliphatic carbocycles. The third-order valence-corrected chi connectivity index (χ3v) is 7.07. The van der Waals surface area contributed by atoms with Gasteiger partial charge in [-0.2, -0.15) is 0 Å². The second-order valence-corrected chi connectivity index (χ2v) is 9.34. The lowest BCUT2D eigenvalue weighted by Crippen LogP contribution is -2.26. The normalized spacial score (nSPS) is 11.5. The lowest BCUT2D eigenvalue weighted by molar-refractivity contribution is 0.0998. The standard InChI is InChI=1S/C23H19ClN2O4S/c1-15-19-12-7-13-20(24)22(19)30-21(15)23(27)25-16-8-6-11-18(14-16)31(28,29)26(2)17-9-4-3-5-10-17/h3-14H,1-2H3,(H,25,27). The molecule has 0 fully saturated rings. The predicted molar refractivity (Wildman–Crippen MR) is 122 cm³/mol. The molecule has 0 unspecified atom stereocenters. The number of nitrogens with zero attached hydrogens (tertiary/aromatic N) is 1. The van der Waals surface area contributed by atoms with Crippen LogP contribution in [0.5, 0.6) is 0 Å². The second kappa shape index (κ2) is 8.09. The van der Waals surface area contributed by atoms with Crippen molar-refractivity contribution in [1.82, 2.24) is 0 Å². The fourth-order valence-electron chi connectivity index (χ4n) is 3.28. The number of halogens is 1. The van der Waals surface area contributed by atoms with Gasteiger partial charge in [0.2, 0.25) is 0 Å². The molecule has 4 aromatic rings. The van der Waals surface area contributed by atoms with Crippen molar-refractivity contribution in [3.05, 3.63) is 89.1 Å². The first-order valence-electron chi connectivity index (χ1n) is 9.42. The van der Waals surface area contributed by atoms with Gasteiger partial charge < -0.3 is 9.73 Å². The minimum Gasteiger partial charge on any atom is -0.449 e. The van der Waals surface area contributed by atoms with E-state index in [0.29, 0.717) is 27.5 Å². The number of hydrogen-bond donors (Lipinski definition) is 1. The fraction of sp³-hybridized carbons (Fsp3) is 0.0870. The number of sulfonamides is 1. The molecule has 3 aromatic carbocycles. The van der Waals surface area contributed by atoms with Gasteiger partial charge in [0.1, 0.15) is 0 Å². The van der Waals surface area contributed by atoms with Crippen LogP contribution < -0.4 is 9.62 Å². The van der Waals surface area contributed by atoms with Crippen LogP contribution in [0.3, 0.4) is 0 Å². The van der Waals surface area contributed by atoms with E-state index < -0.39 is 15.9 Å². The number of benzene rings is 3. The first-order valence-corrected chi connectivity index (χ1v) is 11.2. The fourth-order valence-corrected chi connectivity index (χ4v) is 4.74. The second-order valence-electron chi connectivity index (χ2n) is 6.96. The van der Waals surface area contributed by atoms with E-state index in [1.165, 1.54) is 23.5 Å². The summed E-state index contributed by atoms with van der Waals surface area (Å²) in [5.74, 6) is -0.367. The number of rotatable bonds is 5. The van der Waals surface area contributed by atoms with Gasteiger partial charge in [-0.3, -0.25) is 9.10 Å². The maximum atomic E-state index is 13.0. The molecule has 31 heavy (non-hydrogen) atoms. The molecule has 0 aliphatic rings. The van der Waals surface area contributed by atoms with Crippen molar-refractivity contribution in [1.29, 1.82) is 0 Å². The molecule has 8 heteroatoms. The van der Waals surface area contributed by atoms with Gasteiger partial charge in [-0.15, -0.1) is 0 Å². The molecule has 1 aromatic heterocycles. The van der Waals surface area contributed by atoms with Crippen LogP contribution in [-0.2, 0) is 10.0 Å². The number of carbonyl (C=O) groups is 1. The molecule has 0 saturated heterocycles. The highest BCUT2D eigenvalue weighted by atomic mass is 35.5. The van der Waals surface area contributed by atoms with Crippen molar-refractivity contribution >= 4 is 49.9 Å². The van der Waals surface area contributed by atoms with Crippen LogP contribution in [-0.4, -0.2) is 21.4 Å². The van der Waals surface area contributed by atoms with Crippen LogP contribution in [0.15, 0.2) is 82.1 Å².